The summed E-state index contributed by atoms with van der Waals surface area (Å²) in [5.41, 5.74) is 0. The molecule has 0 radical (unpaired) electrons. The topological polar surface area (TPSA) is 0 Å². The van der Waals surface area contributed by atoms with E-state index in [1.807, 2.05) is 0 Å². The Morgan fingerprint density at radius 2 is 0.750 bits per heavy atom. The molecule has 0 unspecified atom stereocenters. The molecule has 0 spiro atoms. The molecule has 0 aromatic rings. The van der Waals surface area contributed by atoms with E-state index < -0.39 is 0 Å². The number of rotatable bonds is 0. The van der Waals surface area contributed by atoms with Crippen molar-refractivity contribution in [2.45, 2.75) is 0 Å². The zero-order valence-electron chi connectivity index (χ0n) is 2.23. The molecule has 0 aromatic heterocycles. The van der Waals surface area contributed by atoms with Gasteiger partial charge in [0.1, 0.15) is 0 Å². The van der Waals surface area contributed by atoms with Gasteiger partial charge in [-0.3, -0.25) is 4.70 Å². The Hall–Kier alpha value is 1.66. The van der Waals surface area contributed by atoms with Gasteiger partial charge < -0.3 is 0 Å². The Morgan fingerprint density at radius 1 is 0.750 bits per heavy atom. The maximum Gasteiger partial charge on any atom is 0 e. The van der Waals surface area contributed by atoms with Gasteiger partial charge in [-0.15, -0.1) is 17.0 Å². The minimum atomic E-state index is 0. The van der Waals surface area contributed by atoms with Crippen LogP contribution < -0.4 is 0 Å². The van der Waals surface area contributed by atoms with Crippen LogP contribution in [0.1, 0.15) is 0 Å². The number of hydrogen-bond acceptors (Lipinski definition) is 0. The third-order valence-electron chi connectivity index (χ3n) is 0. The van der Waals surface area contributed by atoms with Crippen LogP contribution in [0.2, 0.25) is 0 Å². The van der Waals surface area contributed by atoms with Gasteiger partial charge in [-0.25, -0.2) is 0 Å². The average Bonchev–Trinajstić information content (AvgIpc) is 0. The fourth-order valence-corrected chi connectivity index (χ4v) is 0. The number of halogens is 2. The summed E-state index contributed by atoms with van der Waals surface area (Å²) >= 11 is 0. The van der Waals surface area contributed by atoms with Crippen LogP contribution in [0.4, 0.5) is 4.70 Å². The van der Waals surface area contributed by atoms with Gasteiger partial charge in [0.2, 0.25) is 0 Å². The maximum absolute atomic E-state index is 0. The predicted molar refractivity (Wildman–Crippen MR) is 12.8 cm³/mol. The van der Waals surface area contributed by atoms with Crippen molar-refractivity contribution in [2.24, 2.45) is 0 Å². The monoisotopic (exact) mass is 228 g/mol. The summed E-state index contributed by atoms with van der Waals surface area (Å²) in [6.45, 7) is 0. The van der Waals surface area contributed by atoms with Gasteiger partial charge in [0.25, 0.3) is 0 Å². The minimum absolute atomic E-state index is 0. The van der Waals surface area contributed by atoms with Crippen LogP contribution in [0.3, 0.4) is 0 Å². The Morgan fingerprint density at radius 3 is 0.750 bits per heavy atom. The molecule has 4 heavy (non-hydrogen) atoms. The molecule has 0 aliphatic heterocycles. The van der Waals surface area contributed by atoms with E-state index in [0.717, 1.165) is 0 Å². The van der Waals surface area contributed by atoms with Crippen LogP contribution in [0.15, 0.2) is 0 Å². The molecule has 0 rings (SSSR count). The van der Waals surface area contributed by atoms with Crippen molar-refractivity contribution < 1.29 is 43.7 Å². The van der Waals surface area contributed by atoms with Gasteiger partial charge in [0.05, 0.1) is 0 Å². The molecule has 0 saturated carbocycles. The standard InChI is InChI=1S/BrH.FH.2Zn/h2*1H;;. The molecule has 0 amide bonds. The van der Waals surface area contributed by atoms with Crippen LogP contribution in [0.5, 0.6) is 0 Å². The van der Waals surface area contributed by atoms with Crippen LogP contribution >= 0.6 is 17.0 Å². The van der Waals surface area contributed by atoms with E-state index in [1.165, 1.54) is 0 Å². The molecule has 0 fully saturated rings. The van der Waals surface area contributed by atoms with Crippen molar-refractivity contribution in [3.05, 3.63) is 0 Å². The normalized spacial score (nSPS) is 0. The van der Waals surface area contributed by atoms with Gasteiger partial charge in [-0.2, -0.15) is 0 Å². The van der Waals surface area contributed by atoms with Crippen molar-refractivity contribution in [1.29, 1.82) is 0 Å². The summed E-state index contributed by atoms with van der Waals surface area (Å²) < 4.78 is 0. The molecule has 0 aliphatic carbocycles. The predicted octanol–water partition coefficient (Wildman–Crippen LogP) is 0.725. The van der Waals surface area contributed by atoms with Crippen LogP contribution in [-0.4, -0.2) is 0 Å². The summed E-state index contributed by atoms with van der Waals surface area (Å²) in [4.78, 5) is 0. The molecule has 0 aromatic carbocycles. The van der Waals surface area contributed by atoms with Gasteiger partial charge in [0, 0.05) is 39.0 Å². The van der Waals surface area contributed by atoms with Crippen molar-refractivity contribution >= 4 is 17.0 Å². The second-order valence-corrected chi connectivity index (χ2v) is 0. The summed E-state index contributed by atoms with van der Waals surface area (Å²) in [5, 5.41) is 0. The van der Waals surface area contributed by atoms with E-state index in [1.54, 1.807) is 0 Å². The smallest absolute Gasteiger partial charge is 0 e. The Labute approximate surface area is 60.4 Å². The third kappa shape index (κ3) is 9.40. The zero-order chi connectivity index (χ0) is 0. The molecular weight excluding hydrogens is 230 g/mol. The van der Waals surface area contributed by atoms with E-state index >= 15 is 0 Å². The van der Waals surface area contributed by atoms with Gasteiger partial charge in [-0.05, 0) is 0 Å². The molecule has 0 saturated heterocycles. The minimum Gasteiger partial charge on any atom is -0.269 e. The van der Waals surface area contributed by atoms with E-state index in [9.17, 15) is 0 Å². The third-order valence-corrected chi connectivity index (χ3v) is 0. The number of hydrogen-bond donors (Lipinski definition) is 0. The Kier molecular flexibility index (Phi) is 253. The maximum atomic E-state index is 0. The van der Waals surface area contributed by atoms with Crippen molar-refractivity contribution in [1.82, 2.24) is 0 Å². The first-order chi connectivity index (χ1) is 0. The molecule has 0 heterocycles. The van der Waals surface area contributed by atoms with Crippen molar-refractivity contribution in [2.75, 3.05) is 0 Å². The van der Waals surface area contributed by atoms with Gasteiger partial charge in [0.15, 0.2) is 0 Å². The van der Waals surface area contributed by atoms with E-state index in [2.05, 4.69) is 0 Å². The average molecular weight is 232 g/mol. The fraction of sp³-hybridized carbons (Fsp3) is 0. The van der Waals surface area contributed by atoms with E-state index in [-0.39, 0.29) is 60.6 Å². The molecule has 0 nitrogen and oxygen atoms in total. The Bertz CT molecular complexity index is 6.00. The molecule has 4 heteroatoms. The van der Waals surface area contributed by atoms with Crippen molar-refractivity contribution in [3.8, 4) is 0 Å². The Balaban J connectivity index is 0. The largest absolute Gasteiger partial charge is 0.269 e. The van der Waals surface area contributed by atoms with Crippen LogP contribution in [-0.2, 0) is 39.0 Å². The molecular formula is H2BrFZn2. The van der Waals surface area contributed by atoms with Crippen LogP contribution in [0.25, 0.3) is 0 Å². The second kappa shape index (κ2) is 22.7. The second-order valence-electron chi connectivity index (χ2n) is 0. The molecule has 20 valence electrons. The van der Waals surface area contributed by atoms with Crippen LogP contribution in [0, 0.1) is 0 Å². The summed E-state index contributed by atoms with van der Waals surface area (Å²) in [7, 11) is 0. The summed E-state index contributed by atoms with van der Waals surface area (Å²) in [6.07, 6.45) is 0. The molecule has 0 aliphatic rings. The van der Waals surface area contributed by atoms with Gasteiger partial charge >= 0.3 is 0 Å². The van der Waals surface area contributed by atoms with E-state index in [4.69, 9.17) is 0 Å². The van der Waals surface area contributed by atoms with Crippen molar-refractivity contribution in [3.63, 3.8) is 0 Å². The summed E-state index contributed by atoms with van der Waals surface area (Å²) in [6, 6.07) is 0. The fourth-order valence-electron chi connectivity index (χ4n) is 0. The van der Waals surface area contributed by atoms with E-state index in [0.29, 0.717) is 0 Å². The first-order valence-electron chi connectivity index (χ1n) is 0. The summed E-state index contributed by atoms with van der Waals surface area (Å²) in [5.74, 6) is 0. The molecule has 0 N–H and O–H groups in total. The molecule has 0 atom stereocenters. The zero-order valence-corrected chi connectivity index (χ0v) is 9.88. The first kappa shape index (κ1) is 44.7. The SMILES string of the molecule is Br.F.[Zn].[Zn]. The quantitative estimate of drug-likeness (QED) is 0.539. The first-order valence-corrected chi connectivity index (χ1v) is 0. The molecule has 0 bridgehead atoms. The van der Waals surface area contributed by atoms with Gasteiger partial charge in [-0.1, -0.05) is 0 Å².